The van der Waals surface area contributed by atoms with E-state index in [2.05, 4.69) is 37.9 Å². The quantitative estimate of drug-likeness (QED) is 0.777. The monoisotopic (exact) mass is 282 g/mol. The predicted molar refractivity (Wildman–Crippen MR) is 85.0 cm³/mol. The first-order valence-corrected chi connectivity index (χ1v) is 8.63. The Kier molecular flexibility index (Phi) is 6.31. The van der Waals surface area contributed by atoms with Crippen LogP contribution in [0.5, 0.6) is 0 Å². The van der Waals surface area contributed by atoms with Gasteiger partial charge in [-0.1, -0.05) is 27.7 Å². The number of rotatable bonds is 7. The van der Waals surface area contributed by atoms with Crippen molar-refractivity contribution in [3.8, 4) is 0 Å². The molecule has 2 aliphatic heterocycles. The predicted octanol–water partition coefficient (Wildman–Crippen LogP) is 2.76. The molecule has 0 bridgehead atoms. The summed E-state index contributed by atoms with van der Waals surface area (Å²) >= 11 is 0. The molecule has 3 unspecified atom stereocenters. The second kappa shape index (κ2) is 7.77. The zero-order chi connectivity index (χ0) is 14.5. The molecule has 2 aliphatic rings. The topological polar surface area (TPSA) is 24.5 Å². The molecule has 0 spiro atoms. The fourth-order valence-electron chi connectivity index (χ4n) is 3.46. The van der Waals surface area contributed by atoms with Gasteiger partial charge in [0.1, 0.15) is 0 Å². The fraction of sp³-hybridized carbons (Fsp3) is 1.00. The highest BCUT2D eigenvalue weighted by Crippen LogP contribution is 2.26. The maximum absolute atomic E-state index is 6.20. The van der Waals surface area contributed by atoms with Crippen molar-refractivity contribution in [2.24, 2.45) is 17.8 Å². The number of nitrogens with zero attached hydrogens (tertiary/aromatic N) is 1. The lowest BCUT2D eigenvalue weighted by Crippen LogP contribution is -2.33. The third-order valence-electron chi connectivity index (χ3n) is 4.83. The zero-order valence-corrected chi connectivity index (χ0v) is 13.9. The van der Waals surface area contributed by atoms with Gasteiger partial charge in [0.2, 0.25) is 0 Å². The molecule has 0 aromatic heterocycles. The van der Waals surface area contributed by atoms with Gasteiger partial charge in [-0.15, -0.1) is 0 Å². The summed E-state index contributed by atoms with van der Waals surface area (Å²) in [7, 11) is 0. The molecule has 0 aromatic carbocycles. The van der Waals surface area contributed by atoms with Crippen LogP contribution in [0.2, 0.25) is 0 Å². The first-order valence-electron chi connectivity index (χ1n) is 8.63. The van der Waals surface area contributed by atoms with Crippen LogP contribution in [0.4, 0.5) is 0 Å². The van der Waals surface area contributed by atoms with Crippen LogP contribution in [-0.2, 0) is 4.74 Å². The van der Waals surface area contributed by atoms with Gasteiger partial charge in [0.05, 0.1) is 12.2 Å². The van der Waals surface area contributed by atoms with Crippen LogP contribution in [0.1, 0.15) is 47.0 Å². The number of hydrogen-bond donors (Lipinski definition) is 1. The smallest absolute Gasteiger partial charge is 0.0707 e. The van der Waals surface area contributed by atoms with Gasteiger partial charge < -0.3 is 15.0 Å². The molecule has 0 saturated carbocycles. The van der Waals surface area contributed by atoms with E-state index in [-0.39, 0.29) is 0 Å². The maximum Gasteiger partial charge on any atom is 0.0707 e. The van der Waals surface area contributed by atoms with Gasteiger partial charge in [-0.25, -0.2) is 0 Å². The summed E-state index contributed by atoms with van der Waals surface area (Å²) in [4.78, 5) is 2.62. The Hall–Kier alpha value is -0.120. The molecule has 118 valence electrons. The molecule has 2 saturated heterocycles. The van der Waals surface area contributed by atoms with E-state index in [4.69, 9.17) is 4.74 Å². The van der Waals surface area contributed by atoms with E-state index in [9.17, 15) is 0 Å². The third kappa shape index (κ3) is 5.01. The highest BCUT2D eigenvalue weighted by Gasteiger charge is 2.30. The van der Waals surface area contributed by atoms with Crippen LogP contribution in [0.3, 0.4) is 0 Å². The van der Waals surface area contributed by atoms with Crippen molar-refractivity contribution >= 4 is 0 Å². The Bertz CT molecular complexity index is 280. The third-order valence-corrected chi connectivity index (χ3v) is 4.83. The van der Waals surface area contributed by atoms with E-state index in [1.807, 2.05) is 0 Å². The van der Waals surface area contributed by atoms with Crippen LogP contribution in [-0.4, -0.2) is 49.8 Å². The molecule has 1 N–H and O–H groups in total. The lowest BCUT2D eigenvalue weighted by molar-refractivity contribution is 0.0264. The van der Waals surface area contributed by atoms with Gasteiger partial charge in [-0.2, -0.15) is 0 Å². The summed E-state index contributed by atoms with van der Waals surface area (Å²) in [5.74, 6) is 2.46. The second-order valence-electron chi connectivity index (χ2n) is 7.56. The lowest BCUT2D eigenvalue weighted by Gasteiger charge is -2.22. The summed E-state index contributed by atoms with van der Waals surface area (Å²) in [5.41, 5.74) is 0. The Morgan fingerprint density at radius 3 is 2.50 bits per heavy atom. The van der Waals surface area contributed by atoms with Crippen molar-refractivity contribution in [3.63, 3.8) is 0 Å². The molecule has 3 nitrogen and oxygen atoms in total. The molecule has 2 fully saturated rings. The summed E-state index contributed by atoms with van der Waals surface area (Å²) in [5, 5.41) is 3.52. The molecule has 0 aliphatic carbocycles. The largest absolute Gasteiger partial charge is 0.372 e. The SMILES string of the molecule is CC(C)CNCC1CCC(CN2CCC(C(C)C)C2)O1. The molecule has 3 atom stereocenters. The number of hydrogen-bond acceptors (Lipinski definition) is 3. The average molecular weight is 282 g/mol. The fourth-order valence-corrected chi connectivity index (χ4v) is 3.46. The van der Waals surface area contributed by atoms with E-state index in [1.54, 1.807) is 0 Å². The number of likely N-dealkylation sites (tertiary alicyclic amines) is 1. The standard InChI is InChI=1S/C17H34N2O/c1-13(2)9-18-10-16-5-6-17(20-16)12-19-8-7-15(11-19)14(3)4/h13-18H,5-12H2,1-4H3. The van der Waals surface area contributed by atoms with Gasteiger partial charge in [-0.3, -0.25) is 0 Å². The number of nitrogens with one attached hydrogen (secondary N) is 1. The van der Waals surface area contributed by atoms with Crippen molar-refractivity contribution in [1.29, 1.82) is 0 Å². The van der Waals surface area contributed by atoms with Crippen LogP contribution < -0.4 is 5.32 Å². The highest BCUT2D eigenvalue weighted by atomic mass is 16.5. The van der Waals surface area contributed by atoms with Crippen molar-refractivity contribution in [2.45, 2.75) is 59.2 Å². The van der Waals surface area contributed by atoms with Gasteiger partial charge in [-0.05, 0) is 50.1 Å². The summed E-state index contributed by atoms with van der Waals surface area (Å²) < 4.78 is 6.20. The van der Waals surface area contributed by atoms with Gasteiger partial charge in [0.25, 0.3) is 0 Å². The molecular weight excluding hydrogens is 248 g/mol. The molecule has 20 heavy (non-hydrogen) atoms. The minimum atomic E-state index is 0.447. The molecule has 3 heteroatoms. The van der Waals surface area contributed by atoms with Crippen LogP contribution in [0.15, 0.2) is 0 Å². The van der Waals surface area contributed by atoms with E-state index < -0.39 is 0 Å². The highest BCUT2D eigenvalue weighted by molar-refractivity contribution is 4.83. The molecule has 2 heterocycles. The zero-order valence-electron chi connectivity index (χ0n) is 13.9. The van der Waals surface area contributed by atoms with Gasteiger partial charge in [0, 0.05) is 19.6 Å². The molecule has 2 rings (SSSR count). The molecule has 0 aromatic rings. The Labute approximate surface area is 125 Å². The Morgan fingerprint density at radius 1 is 1.10 bits per heavy atom. The number of ether oxygens (including phenoxy) is 1. The first kappa shape index (κ1) is 16.3. The average Bonchev–Trinajstić information content (AvgIpc) is 2.99. The minimum Gasteiger partial charge on any atom is -0.372 e. The van der Waals surface area contributed by atoms with E-state index >= 15 is 0 Å². The Balaban J connectivity index is 1.61. The van der Waals surface area contributed by atoms with Gasteiger partial charge >= 0.3 is 0 Å². The van der Waals surface area contributed by atoms with Crippen LogP contribution in [0, 0.1) is 17.8 Å². The summed E-state index contributed by atoms with van der Waals surface area (Å²) in [6.07, 6.45) is 4.78. The van der Waals surface area contributed by atoms with Crippen molar-refractivity contribution < 1.29 is 4.74 Å². The summed E-state index contributed by atoms with van der Waals surface area (Å²) in [6, 6.07) is 0. The molecule has 0 radical (unpaired) electrons. The first-order chi connectivity index (χ1) is 9.54. The molecule has 0 amide bonds. The van der Waals surface area contributed by atoms with Crippen LogP contribution in [0.25, 0.3) is 0 Å². The van der Waals surface area contributed by atoms with Crippen LogP contribution >= 0.6 is 0 Å². The van der Waals surface area contributed by atoms with Crippen molar-refractivity contribution in [1.82, 2.24) is 10.2 Å². The normalized spacial score (nSPS) is 31.8. The maximum atomic E-state index is 6.20. The van der Waals surface area contributed by atoms with Gasteiger partial charge in [0.15, 0.2) is 0 Å². The lowest BCUT2D eigenvalue weighted by atomic mass is 9.95. The van der Waals surface area contributed by atoms with E-state index in [0.29, 0.717) is 12.2 Å². The summed E-state index contributed by atoms with van der Waals surface area (Å²) in [6.45, 7) is 15.1. The van der Waals surface area contributed by atoms with E-state index in [1.165, 1.54) is 32.4 Å². The Morgan fingerprint density at radius 2 is 1.85 bits per heavy atom. The minimum absolute atomic E-state index is 0.447. The van der Waals surface area contributed by atoms with E-state index in [0.717, 1.165) is 37.4 Å². The second-order valence-corrected chi connectivity index (χ2v) is 7.56. The van der Waals surface area contributed by atoms with Crippen molar-refractivity contribution in [2.75, 3.05) is 32.7 Å². The van der Waals surface area contributed by atoms with Crippen molar-refractivity contribution in [3.05, 3.63) is 0 Å². The molecular formula is C17H34N2O.